The minimum Gasteiger partial charge on any atom is -0.490 e. The first-order chi connectivity index (χ1) is 16.0. The Hall–Kier alpha value is -2.92. The summed E-state index contributed by atoms with van der Waals surface area (Å²) in [5, 5.41) is 12.0. The normalized spacial score (nSPS) is 18.6. The standard InChI is InChI=1S/C28H29NO3S/c1-4-18-12-13-23(32-19-9-7-8-16(2)14-19)25-21(28(30)31)15-22(29-26(18)25)27-17(3)20-10-5-6-11-24(20)33-27/h5-6,10-13,15-16,19H,4,7-9,14H2,1-3H3,(H,30,31). The van der Waals surface area contributed by atoms with Crippen molar-refractivity contribution in [2.45, 2.75) is 59.0 Å². The van der Waals surface area contributed by atoms with Gasteiger partial charge in [-0.3, -0.25) is 0 Å². The Morgan fingerprint density at radius 3 is 2.76 bits per heavy atom. The first-order valence-corrected chi connectivity index (χ1v) is 12.6. The first-order valence-electron chi connectivity index (χ1n) is 11.8. The number of ether oxygens (including phenoxy) is 1. The summed E-state index contributed by atoms with van der Waals surface area (Å²) in [6, 6.07) is 14.0. The summed E-state index contributed by atoms with van der Waals surface area (Å²) >= 11 is 1.67. The monoisotopic (exact) mass is 459 g/mol. The van der Waals surface area contributed by atoms with Gasteiger partial charge in [-0.2, -0.15) is 0 Å². The van der Waals surface area contributed by atoms with Crippen molar-refractivity contribution in [3.05, 3.63) is 59.2 Å². The van der Waals surface area contributed by atoms with Crippen LogP contribution in [0.5, 0.6) is 5.75 Å². The number of aryl methyl sites for hydroxylation is 2. The Morgan fingerprint density at radius 2 is 2.03 bits per heavy atom. The number of carboxylic acids is 1. The smallest absolute Gasteiger partial charge is 0.336 e. The van der Waals surface area contributed by atoms with Crippen LogP contribution in [0.3, 0.4) is 0 Å². The Kier molecular flexibility index (Phi) is 5.83. The zero-order valence-corrected chi connectivity index (χ0v) is 20.2. The number of fused-ring (bicyclic) bond motifs is 2. The SMILES string of the molecule is CCc1ccc(OC2CCCC(C)C2)c2c(C(=O)O)cc(-c3sc4ccccc4c3C)nc12. The quantitative estimate of drug-likeness (QED) is 0.333. The number of carboxylic acid groups (broad SMARTS) is 1. The van der Waals surface area contributed by atoms with Gasteiger partial charge >= 0.3 is 5.97 Å². The number of aromatic nitrogens is 1. The Balaban J connectivity index is 1.71. The summed E-state index contributed by atoms with van der Waals surface area (Å²) in [5.74, 6) is 0.327. The highest BCUT2D eigenvalue weighted by Crippen LogP contribution is 2.41. The third kappa shape index (κ3) is 3.99. The molecule has 2 aromatic heterocycles. The molecule has 2 aromatic carbocycles. The van der Waals surface area contributed by atoms with Crippen molar-refractivity contribution in [1.82, 2.24) is 4.98 Å². The van der Waals surface area contributed by atoms with Crippen molar-refractivity contribution in [1.29, 1.82) is 0 Å². The predicted molar refractivity (Wildman–Crippen MR) is 136 cm³/mol. The number of nitrogens with zero attached hydrogens (tertiary/aromatic N) is 1. The van der Waals surface area contributed by atoms with Gasteiger partial charge in [-0.15, -0.1) is 11.3 Å². The van der Waals surface area contributed by atoms with Gasteiger partial charge in [0.2, 0.25) is 0 Å². The van der Waals surface area contributed by atoms with Gasteiger partial charge < -0.3 is 9.84 Å². The van der Waals surface area contributed by atoms with E-state index in [2.05, 4.69) is 32.9 Å². The fraction of sp³-hybridized carbons (Fsp3) is 0.357. The molecule has 0 amide bonds. The third-order valence-corrected chi connectivity index (χ3v) is 8.17. The van der Waals surface area contributed by atoms with E-state index >= 15 is 0 Å². The summed E-state index contributed by atoms with van der Waals surface area (Å²) in [6.45, 7) is 6.43. The van der Waals surface area contributed by atoms with Gasteiger partial charge in [0, 0.05) is 4.70 Å². The number of benzene rings is 2. The average molecular weight is 460 g/mol. The molecule has 2 heterocycles. The van der Waals surface area contributed by atoms with Crippen molar-refractivity contribution in [3.8, 4) is 16.3 Å². The van der Waals surface area contributed by atoms with Gasteiger partial charge in [-0.25, -0.2) is 9.78 Å². The molecule has 0 saturated heterocycles. The molecule has 4 aromatic rings. The van der Waals surface area contributed by atoms with Crippen LogP contribution in [0.2, 0.25) is 0 Å². The molecule has 0 spiro atoms. The Bertz CT molecular complexity index is 1360. The van der Waals surface area contributed by atoms with Crippen LogP contribution in [-0.2, 0) is 6.42 Å². The van der Waals surface area contributed by atoms with E-state index < -0.39 is 5.97 Å². The maximum atomic E-state index is 12.5. The van der Waals surface area contributed by atoms with Gasteiger partial charge in [0.05, 0.1) is 33.1 Å². The summed E-state index contributed by atoms with van der Waals surface area (Å²) in [7, 11) is 0. The summed E-state index contributed by atoms with van der Waals surface area (Å²) < 4.78 is 7.63. The second-order valence-electron chi connectivity index (χ2n) is 9.22. The second-order valence-corrected chi connectivity index (χ2v) is 10.3. The van der Waals surface area contributed by atoms with E-state index in [0.29, 0.717) is 17.1 Å². The lowest BCUT2D eigenvalue weighted by molar-refractivity contribution is 0.0698. The molecule has 1 saturated carbocycles. The fourth-order valence-corrected chi connectivity index (χ4v) is 6.29. The molecular weight excluding hydrogens is 430 g/mol. The van der Waals surface area contributed by atoms with Gasteiger partial charge in [0.25, 0.3) is 0 Å². The summed E-state index contributed by atoms with van der Waals surface area (Å²) in [6.07, 6.45) is 5.29. The molecule has 4 nitrogen and oxygen atoms in total. The molecule has 1 aliphatic carbocycles. The van der Waals surface area contributed by atoms with Crippen LogP contribution >= 0.6 is 11.3 Å². The Labute approximate surface area is 198 Å². The zero-order chi connectivity index (χ0) is 23.1. The molecule has 170 valence electrons. The number of carbonyl (C=O) groups is 1. The van der Waals surface area contributed by atoms with Crippen LogP contribution in [-0.4, -0.2) is 22.2 Å². The lowest BCUT2D eigenvalue weighted by Crippen LogP contribution is -2.24. The average Bonchev–Trinajstić information content (AvgIpc) is 3.15. The number of hydrogen-bond acceptors (Lipinski definition) is 4. The third-order valence-electron chi connectivity index (χ3n) is 6.88. The number of hydrogen-bond donors (Lipinski definition) is 1. The molecular formula is C28H29NO3S. The lowest BCUT2D eigenvalue weighted by atomic mass is 9.88. The molecule has 2 atom stereocenters. The highest BCUT2D eigenvalue weighted by molar-refractivity contribution is 7.22. The molecule has 2 unspecified atom stereocenters. The van der Waals surface area contributed by atoms with Crippen molar-refractivity contribution in [2.75, 3.05) is 0 Å². The van der Waals surface area contributed by atoms with Crippen molar-refractivity contribution < 1.29 is 14.6 Å². The number of pyridine rings is 1. The van der Waals surface area contributed by atoms with E-state index in [1.165, 1.54) is 16.5 Å². The largest absolute Gasteiger partial charge is 0.490 e. The molecule has 0 aliphatic heterocycles. The first kappa shape index (κ1) is 21.9. The number of rotatable bonds is 5. The molecule has 5 heteroatoms. The summed E-state index contributed by atoms with van der Waals surface area (Å²) in [5.41, 5.74) is 3.90. The van der Waals surface area contributed by atoms with Crippen LogP contribution in [0.25, 0.3) is 31.6 Å². The highest BCUT2D eigenvalue weighted by atomic mass is 32.1. The van der Waals surface area contributed by atoms with Crippen molar-refractivity contribution in [3.63, 3.8) is 0 Å². The van der Waals surface area contributed by atoms with Crippen LogP contribution in [0.1, 0.15) is 61.0 Å². The zero-order valence-electron chi connectivity index (χ0n) is 19.4. The minimum atomic E-state index is -0.947. The van der Waals surface area contributed by atoms with Gasteiger partial charge in [0.15, 0.2) is 0 Å². The maximum Gasteiger partial charge on any atom is 0.336 e. The maximum absolute atomic E-state index is 12.5. The van der Waals surface area contributed by atoms with Gasteiger partial charge in [-0.1, -0.05) is 44.5 Å². The second kappa shape index (κ2) is 8.79. The topological polar surface area (TPSA) is 59.4 Å². The fourth-order valence-electron chi connectivity index (χ4n) is 5.12. The van der Waals surface area contributed by atoms with E-state index in [-0.39, 0.29) is 11.7 Å². The molecule has 0 bridgehead atoms. The number of aromatic carboxylic acids is 1. The molecule has 0 radical (unpaired) electrons. The van der Waals surface area contributed by atoms with E-state index in [1.807, 2.05) is 24.3 Å². The van der Waals surface area contributed by atoms with Crippen LogP contribution in [0.4, 0.5) is 0 Å². The van der Waals surface area contributed by atoms with Crippen molar-refractivity contribution in [2.24, 2.45) is 5.92 Å². The van der Waals surface area contributed by atoms with Crippen molar-refractivity contribution >= 4 is 38.3 Å². The molecule has 1 fully saturated rings. The van der Waals surface area contributed by atoms with E-state index in [0.717, 1.165) is 52.9 Å². The predicted octanol–water partition coefficient (Wildman–Crippen LogP) is 7.64. The van der Waals surface area contributed by atoms with Crippen LogP contribution in [0, 0.1) is 12.8 Å². The van der Waals surface area contributed by atoms with E-state index in [1.54, 1.807) is 17.4 Å². The van der Waals surface area contributed by atoms with Crippen LogP contribution < -0.4 is 4.74 Å². The van der Waals surface area contributed by atoms with Crippen LogP contribution in [0.15, 0.2) is 42.5 Å². The summed E-state index contributed by atoms with van der Waals surface area (Å²) in [4.78, 5) is 18.5. The molecule has 33 heavy (non-hydrogen) atoms. The molecule has 1 N–H and O–H groups in total. The van der Waals surface area contributed by atoms with Gasteiger partial charge in [-0.05, 0) is 73.2 Å². The minimum absolute atomic E-state index is 0.121. The lowest BCUT2D eigenvalue weighted by Gasteiger charge is -2.28. The van der Waals surface area contributed by atoms with E-state index in [9.17, 15) is 9.90 Å². The number of thiophene rings is 1. The highest BCUT2D eigenvalue weighted by Gasteiger charge is 2.25. The molecule has 5 rings (SSSR count). The Morgan fingerprint density at radius 1 is 1.21 bits per heavy atom. The van der Waals surface area contributed by atoms with Gasteiger partial charge in [0.1, 0.15) is 5.75 Å². The van der Waals surface area contributed by atoms with E-state index in [4.69, 9.17) is 9.72 Å². The molecule has 1 aliphatic rings.